The van der Waals surface area contributed by atoms with Crippen molar-refractivity contribution < 1.29 is 5.11 Å². The Balaban J connectivity index is 2.22. The van der Waals surface area contributed by atoms with Gasteiger partial charge in [0.2, 0.25) is 0 Å². The molecule has 54 valence electrons. The van der Waals surface area contributed by atoms with Crippen molar-refractivity contribution in [3.8, 4) is 0 Å². The van der Waals surface area contributed by atoms with E-state index in [-0.39, 0.29) is 5.60 Å². The number of hydrogen-bond donors (Lipinski definition) is 1. The van der Waals surface area contributed by atoms with E-state index in [1.807, 2.05) is 0 Å². The molecule has 0 heterocycles. The Bertz CT molecular complexity index is 98.7. The quantitative estimate of drug-likeness (QED) is 0.616. The van der Waals surface area contributed by atoms with E-state index in [1.54, 1.807) is 0 Å². The van der Waals surface area contributed by atoms with E-state index >= 15 is 0 Å². The Morgan fingerprint density at radius 2 is 2.22 bits per heavy atom. The van der Waals surface area contributed by atoms with E-state index in [9.17, 15) is 5.11 Å². The molecule has 0 saturated heterocycles. The van der Waals surface area contributed by atoms with Crippen molar-refractivity contribution in [3.63, 3.8) is 0 Å². The van der Waals surface area contributed by atoms with Gasteiger partial charge in [-0.05, 0) is 25.2 Å². The summed E-state index contributed by atoms with van der Waals surface area (Å²) in [5, 5.41) is 9.53. The summed E-state index contributed by atoms with van der Waals surface area (Å²) < 4.78 is 0. The minimum absolute atomic E-state index is 0.240. The van der Waals surface area contributed by atoms with Crippen LogP contribution in [-0.2, 0) is 0 Å². The van der Waals surface area contributed by atoms with Gasteiger partial charge in [0.25, 0.3) is 0 Å². The predicted octanol–water partition coefficient (Wildman–Crippen LogP) is 1.95. The third kappa shape index (κ3) is 1.26. The molecule has 0 aromatic rings. The van der Waals surface area contributed by atoms with Crippen molar-refractivity contribution in [2.75, 3.05) is 0 Å². The van der Waals surface area contributed by atoms with Crippen LogP contribution in [0.1, 0.15) is 39.5 Å². The smallest absolute Gasteiger partial charge is 0.0678 e. The third-order valence-corrected chi connectivity index (χ3v) is 2.45. The molecule has 0 radical (unpaired) electrons. The molecule has 1 nitrogen and oxygen atoms in total. The second-order valence-electron chi connectivity index (χ2n) is 3.15. The Morgan fingerprint density at radius 3 is 2.56 bits per heavy atom. The van der Waals surface area contributed by atoms with E-state index < -0.39 is 0 Å². The maximum absolute atomic E-state index is 9.53. The van der Waals surface area contributed by atoms with E-state index in [4.69, 9.17) is 0 Å². The summed E-state index contributed by atoms with van der Waals surface area (Å²) in [7, 11) is 0. The topological polar surface area (TPSA) is 20.2 Å². The molecule has 0 spiro atoms. The molecule has 1 saturated carbocycles. The molecule has 2 atom stereocenters. The zero-order chi connectivity index (χ0) is 6.91. The van der Waals surface area contributed by atoms with E-state index in [1.165, 1.54) is 12.8 Å². The van der Waals surface area contributed by atoms with Gasteiger partial charge in [-0.1, -0.05) is 20.3 Å². The first kappa shape index (κ1) is 7.07. The van der Waals surface area contributed by atoms with Crippen LogP contribution in [0.2, 0.25) is 0 Å². The SMILES string of the molecule is CCCC1CC1(O)CC. The minimum Gasteiger partial charge on any atom is -0.390 e. The molecule has 0 bridgehead atoms. The number of aliphatic hydroxyl groups is 1. The first-order chi connectivity index (χ1) is 4.23. The summed E-state index contributed by atoms with van der Waals surface area (Å²) in [5.41, 5.74) is -0.240. The molecule has 0 aromatic heterocycles. The lowest BCUT2D eigenvalue weighted by Gasteiger charge is -2.03. The fourth-order valence-corrected chi connectivity index (χ4v) is 1.52. The summed E-state index contributed by atoms with van der Waals surface area (Å²) in [6.45, 7) is 4.24. The molecule has 9 heavy (non-hydrogen) atoms. The molecule has 1 fully saturated rings. The maximum Gasteiger partial charge on any atom is 0.0678 e. The summed E-state index contributed by atoms with van der Waals surface area (Å²) in [6.07, 6.45) is 4.42. The molecule has 1 aliphatic rings. The van der Waals surface area contributed by atoms with E-state index in [0.29, 0.717) is 5.92 Å². The normalized spacial score (nSPS) is 41.0. The van der Waals surface area contributed by atoms with E-state index in [2.05, 4.69) is 13.8 Å². The first-order valence-corrected chi connectivity index (χ1v) is 3.95. The molecular weight excluding hydrogens is 112 g/mol. The van der Waals surface area contributed by atoms with Gasteiger partial charge in [-0.15, -0.1) is 0 Å². The molecule has 0 aliphatic heterocycles. The Kier molecular flexibility index (Phi) is 1.80. The Hall–Kier alpha value is -0.0400. The second kappa shape index (κ2) is 2.30. The van der Waals surface area contributed by atoms with Crippen LogP contribution in [0.5, 0.6) is 0 Å². The lowest BCUT2D eigenvalue weighted by atomic mass is 10.1. The molecule has 2 unspecified atom stereocenters. The largest absolute Gasteiger partial charge is 0.390 e. The maximum atomic E-state index is 9.53. The van der Waals surface area contributed by atoms with Gasteiger partial charge in [0.05, 0.1) is 5.60 Å². The molecule has 1 aliphatic carbocycles. The van der Waals surface area contributed by atoms with Gasteiger partial charge in [-0.2, -0.15) is 0 Å². The van der Waals surface area contributed by atoms with Gasteiger partial charge >= 0.3 is 0 Å². The van der Waals surface area contributed by atoms with Crippen LogP contribution in [-0.4, -0.2) is 10.7 Å². The molecule has 1 rings (SSSR count). The summed E-state index contributed by atoms with van der Waals surface area (Å²) in [4.78, 5) is 0. The third-order valence-electron chi connectivity index (χ3n) is 2.45. The van der Waals surface area contributed by atoms with Crippen LogP contribution in [0.15, 0.2) is 0 Å². The summed E-state index contributed by atoms with van der Waals surface area (Å²) in [5.74, 6) is 0.632. The van der Waals surface area contributed by atoms with Crippen molar-refractivity contribution in [2.24, 2.45) is 5.92 Å². The van der Waals surface area contributed by atoms with E-state index in [0.717, 1.165) is 12.8 Å². The first-order valence-electron chi connectivity index (χ1n) is 3.95. The molecule has 0 aromatic carbocycles. The zero-order valence-electron chi connectivity index (χ0n) is 6.35. The fourth-order valence-electron chi connectivity index (χ4n) is 1.52. The molecule has 1 N–H and O–H groups in total. The number of hydrogen-bond acceptors (Lipinski definition) is 1. The fraction of sp³-hybridized carbons (Fsp3) is 1.00. The summed E-state index contributed by atoms with van der Waals surface area (Å²) >= 11 is 0. The van der Waals surface area contributed by atoms with Gasteiger partial charge in [-0.25, -0.2) is 0 Å². The monoisotopic (exact) mass is 128 g/mol. The molecule has 1 heteroatoms. The van der Waals surface area contributed by atoms with Gasteiger partial charge in [0, 0.05) is 0 Å². The van der Waals surface area contributed by atoms with Gasteiger partial charge in [0.1, 0.15) is 0 Å². The predicted molar refractivity (Wildman–Crippen MR) is 38.3 cm³/mol. The highest BCUT2D eigenvalue weighted by atomic mass is 16.3. The average molecular weight is 128 g/mol. The zero-order valence-corrected chi connectivity index (χ0v) is 6.35. The summed E-state index contributed by atoms with van der Waals surface area (Å²) in [6, 6.07) is 0. The van der Waals surface area contributed by atoms with Crippen molar-refractivity contribution in [2.45, 2.75) is 45.1 Å². The van der Waals surface area contributed by atoms with Crippen LogP contribution in [0.25, 0.3) is 0 Å². The molecule has 0 amide bonds. The van der Waals surface area contributed by atoms with Crippen molar-refractivity contribution in [1.82, 2.24) is 0 Å². The van der Waals surface area contributed by atoms with Crippen molar-refractivity contribution in [1.29, 1.82) is 0 Å². The lowest BCUT2D eigenvalue weighted by Crippen LogP contribution is -2.07. The number of rotatable bonds is 3. The van der Waals surface area contributed by atoms with Gasteiger partial charge in [0.15, 0.2) is 0 Å². The average Bonchev–Trinajstić information content (AvgIpc) is 2.46. The Labute approximate surface area is 57.1 Å². The highest BCUT2D eigenvalue weighted by Gasteiger charge is 2.49. The van der Waals surface area contributed by atoms with Crippen LogP contribution in [0, 0.1) is 5.92 Å². The minimum atomic E-state index is -0.240. The van der Waals surface area contributed by atoms with Crippen LogP contribution < -0.4 is 0 Å². The highest BCUT2D eigenvalue weighted by Crippen LogP contribution is 2.48. The van der Waals surface area contributed by atoms with Crippen LogP contribution in [0.3, 0.4) is 0 Å². The lowest BCUT2D eigenvalue weighted by molar-refractivity contribution is 0.125. The highest BCUT2D eigenvalue weighted by molar-refractivity contribution is 5.01. The van der Waals surface area contributed by atoms with Crippen LogP contribution in [0.4, 0.5) is 0 Å². The van der Waals surface area contributed by atoms with Crippen molar-refractivity contribution >= 4 is 0 Å². The van der Waals surface area contributed by atoms with Gasteiger partial charge < -0.3 is 5.11 Å². The Morgan fingerprint density at radius 1 is 1.56 bits per heavy atom. The van der Waals surface area contributed by atoms with Crippen molar-refractivity contribution in [3.05, 3.63) is 0 Å². The second-order valence-corrected chi connectivity index (χ2v) is 3.15. The van der Waals surface area contributed by atoms with Crippen LogP contribution >= 0.6 is 0 Å². The van der Waals surface area contributed by atoms with Gasteiger partial charge in [-0.3, -0.25) is 0 Å². The molecular formula is C8H16O. The standard InChI is InChI=1S/C8H16O/c1-3-5-7-6-8(7,9)4-2/h7,9H,3-6H2,1-2H3.